The number of rotatable bonds is 7. The first kappa shape index (κ1) is 16.5. The van der Waals surface area contributed by atoms with Gasteiger partial charge in [-0.2, -0.15) is 0 Å². The molecule has 1 aromatic rings. The van der Waals surface area contributed by atoms with Gasteiger partial charge in [0.2, 0.25) is 0 Å². The maximum Gasteiger partial charge on any atom is 0.253 e. The molecule has 0 aliphatic heterocycles. The molecular formula is C14H23N3O2S. The number of hydrogen-bond acceptors (Lipinski definition) is 5. The number of amides is 1. The van der Waals surface area contributed by atoms with E-state index in [1.165, 1.54) is 11.3 Å². The van der Waals surface area contributed by atoms with Crippen molar-refractivity contribution in [3.8, 4) is 0 Å². The molecule has 0 unspecified atom stereocenters. The van der Waals surface area contributed by atoms with Crippen molar-refractivity contribution in [2.75, 3.05) is 17.6 Å². The zero-order valence-electron chi connectivity index (χ0n) is 12.4. The van der Waals surface area contributed by atoms with Gasteiger partial charge in [-0.1, -0.05) is 27.7 Å². The predicted molar refractivity (Wildman–Crippen MR) is 84.4 cm³/mol. The van der Waals surface area contributed by atoms with Gasteiger partial charge in [0.15, 0.2) is 5.78 Å². The lowest BCUT2D eigenvalue weighted by atomic mass is 10.1. The van der Waals surface area contributed by atoms with E-state index in [0.717, 1.165) is 6.42 Å². The van der Waals surface area contributed by atoms with Gasteiger partial charge >= 0.3 is 0 Å². The molecule has 0 bridgehead atoms. The number of carbonyl (C=O) groups is 2. The highest BCUT2D eigenvalue weighted by Crippen LogP contribution is 2.36. The quantitative estimate of drug-likeness (QED) is 0.674. The maximum absolute atomic E-state index is 12.1. The smallest absolute Gasteiger partial charge is 0.253 e. The first-order valence-electron chi connectivity index (χ1n) is 6.75. The van der Waals surface area contributed by atoms with Crippen LogP contribution in [0.4, 0.5) is 10.7 Å². The Morgan fingerprint density at radius 3 is 2.30 bits per heavy atom. The summed E-state index contributed by atoms with van der Waals surface area (Å²) in [7, 11) is 0. The molecule has 1 aromatic heterocycles. The number of Topliss-reactive ketones (excluding diaryl/α,β-unsaturated/α-hetero) is 1. The fourth-order valence-corrected chi connectivity index (χ4v) is 2.97. The Morgan fingerprint density at radius 1 is 1.25 bits per heavy atom. The summed E-state index contributed by atoms with van der Waals surface area (Å²) in [4.78, 5) is 24.0. The van der Waals surface area contributed by atoms with Crippen LogP contribution in [0.2, 0.25) is 0 Å². The Balaban J connectivity index is 3.07. The third kappa shape index (κ3) is 3.72. The molecule has 20 heavy (non-hydrogen) atoms. The normalized spacial score (nSPS) is 11.1. The molecule has 112 valence electrons. The molecule has 1 amide bonds. The van der Waals surface area contributed by atoms with Gasteiger partial charge in [0.25, 0.3) is 5.91 Å². The number of nitrogens with one attached hydrogen (secondary N) is 1. The Kier molecular flexibility index (Phi) is 5.56. The second-order valence-corrected chi connectivity index (χ2v) is 6.56. The molecule has 0 atom stereocenters. The van der Waals surface area contributed by atoms with Crippen molar-refractivity contribution in [1.29, 1.82) is 0 Å². The summed E-state index contributed by atoms with van der Waals surface area (Å²) in [6, 6.07) is 0. The van der Waals surface area contributed by atoms with Gasteiger partial charge in [0, 0.05) is 12.5 Å². The summed E-state index contributed by atoms with van der Waals surface area (Å²) in [5, 5.41) is 3.76. The number of hydrogen-bond donors (Lipinski definition) is 3. The van der Waals surface area contributed by atoms with E-state index in [1.807, 2.05) is 0 Å². The molecule has 1 rings (SSSR count). The average Bonchev–Trinajstić information content (AvgIpc) is 2.64. The van der Waals surface area contributed by atoms with Crippen LogP contribution in [0.15, 0.2) is 0 Å². The van der Waals surface area contributed by atoms with Crippen LogP contribution >= 0.6 is 11.3 Å². The van der Waals surface area contributed by atoms with Crippen LogP contribution in [0.25, 0.3) is 0 Å². The number of anilines is 2. The molecule has 6 heteroatoms. The number of ketones is 1. The van der Waals surface area contributed by atoms with Gasteiger partial charge in [0.05, 0.1) is 16.1 Å². The molecule has 5 N–H and O–H groups in total. The van der Waals surface area contributed by atoms with Crippen molar-refractivity contribution in [3.63, 3.8) is 0 Å². The van der Waals surface area contributed by atoms with Crippen LogP contribution in [-0.2, 0) is 0 Å². The monoisotopic (exact) mass is 297 g/mol. The van der Waals surface area contributed by atoms with E-state index in [9.17, 15) is 9.59 Å². The molecule has 0 aliphatic carbocycles. The highest BCUT2D eigenvalue weighted by atomic mass is 32.1. The summed E-state index contributed by atoms with van der Waals surface area (Å²) in [6.07, 6.45) is 0.962. The predicted octanol–water partition coefficient (Wildman–Crippen LogP) is 2.73. The van der Waals surface area contributed by atoms with Crippen LogP contribution < -0.4 is 16.8 Å². The van der Waals surface area contributed by atoms with Crippen molar-refractivity contribution in [3.05, 3.63) is 10.4 Å². The first-order valence-corrected chi connectivity index (χ1v) is 7.57. The molecule has 0 saturated heterocycles. The molecule has 5 nitrogen and oxygen atoms in total. The number of thiophene rings is 1. The molecule has 1 heterocycles. The van der Waals surface area contributed by atoms with Crippen LogP contribution in [0.3, 0.4) is 0 Å². The first-order chi connectivity index (χ1) is 9.25. The van der Waals surface area contributed by atoms with Crippen LogP contribution in [0.1, 0.15) is 54.1 Å². The van der Waals surface area contributed by atoms with Crippen LogP contribution in [0, 0.1) is 11.8 Å². The number of carbonyl (C=O) groups excluding carboxylic acids is 2. The van der Waals surface area contributed by atoms with Gasteiger partial charge in [-0.25, -0.2) is 0 Å². The lowest BCUT2D eigenvalue weighted by molar-refractivity contribution is 0.0944. The van der Waals surface area contributed by atoms with Crippen molar-refractivity contribution in [2.24, 2.45) is 17.6 Å². The third-order valence-corrected chi connectivity index (χ3v) is 4.12. The largest absolute Gasteiger partial charge is 0.397 e. The van der Waals surface area contributed by atoms with E-state index in [2.05, 4.69) is 19.2 Å². The second kappa shape index (κ2) is 6.74. The van der Waals surface area contributed by atoms with Gasteiger partial charge < -0.3 is 16.8 Å². The van der Waals surface area contributed by atoms with E-state index in [-0.39, 0.29) is 23.0 Å². The highest BCUT2D eigenvalue weighted by molar-refractivity contribution is 7.19. The van der Waals surface area contributed by atoms with Gasteiger partial charge in [-0.05, 0) is 12.3 Å². The fourth-order valence-electron chi connectivity index (χ4n) is 1.73. The van der Waals surface area contributed by atoms with E-state index >= 15 is 0 Å². The Labute approximate surface area is 123 Å². The summed E-state index contributed by atoms with van der Waals surface area (Å²) < 4.78 is 0. The Hall–Kier alpha value is -1.56. The minimum atomic E-state index is -0.603. The fraction of sp³-hybridized carbons (Fsp3) is 0.571. The summed E-state index contributed by atoms with van der Waals surface area (Å²) in [6.45, 7) is 8.56. The minimum absolute atomic E-state index is 0.0630. The SMILES string of the molecule is CC(C)CCNc1sc(C(=O)C(C)C)c(N)c1C(N)=O. The summed E-state index contributed by atoms with van der Waals surface area (Å²) in [5.41, 5.74) is 11.7. The van der Waals surface area contributed by atoms with E-state index < -0.39 is 5.91 Å². The van der Waals surface area contributed by atoms with Crippen LogP contribution in [-0.4, -0.2) is 18.2 Å². The number of nitrogen functional groups attached to an aromatic ring is 1. The molecule has 0 saturated carbocycles. The Bertz CT molecular complexity index is 507. The zero-order chi connectivity index (χ0) is 15.4. The number of primary amides is 1. The molecule has 0 aromatic carbocycles. The topological polar surface area (TPSA) is 98.2 Å². The highest BCUT2D eigenvalue weighted by Gasteiger charge is 2.25. The molecule has 0 spiro atoms. The summed E-state index contributed by atoms with van der Waals surface area (Å²) in [5.74, 6) is -0.283. The van der Waals surface area contributed by atoms with E-state index in [1.54, 1.807) is 13.8 Å². The second-order valence-electron chi connectivity index (χ2n) is 5.54. The summed E-state index contributed by atoms with van der Waals surface area (Å²) >= 11 is 1.22. The van der Waals surface area contributed by atoms with Crippen molar-refractivity contribution in [2.45, 2.75) is 34.1 Å². The van der Waals surface area contributed by atoms with E-state index in [4.69, 9.17) is 11.5 Å². The van der Waals surface area contributed by atoms with Crippen molar-refractivity contribution < 1.29 is 9.59 Å². The lowest BCUT2D eigenvalue weighted by Crippen LogP contribution is -2.16. The Morgan fingerprint density at radius 2 is 1.85 bits per heavy atom. The van der Waals surface area contributed by atoms with Gasteiger partial charge in [0.1, 0.15) is 5.00 Å². The maximum atomic E-state index is 12.1. The molecular weight excluding hydrogens is 274 g/mol. The standard InChI is InChI=1S/C14H23N3O2S/c1-7(2)5-6-17-14-9(13(16)19)10(15)12(20-14)11(18)8(3)4/h7-8,17H,5-6,15H2,1-4H3,(H2,16,19). The number of nitrogens with two attached hydrogens (primary N) is 2. The van der Waals surface area contributed by atoms with Crippen molar-refractivity contribution in [1.82, 2.24) is 0 Å². The van der Waals surface area contributed by atoms with Crippen molar-refractivity contribution >= 4 is 33.7 Å². The molecule has 0 radical (unpaired) electrons. The average molecular weight is 297 g/mol. The van der Waals surface area contributed by atoms with E-state index in [0.29, 0.717) is 22.3 Å². The molecule has 0 aliphatic rings. The van der Waals surface area contributed by atoms with Crippen LogP contribution in [0.5, 0.6) is 0 Å². The molecule has 0 fully saturated rings. The van der Waals surface area contributed by atoms with Gasteiger partial charge in [-0.15, -0.1) is 11.3 Å². The zero-order valence-corrected chi connectivity index (χ0v) is 13.3. The lowest BCUT2D eigenvalue weighted by Gasteiger charge is -2.07. The minimum Gasteiger partial charge on any atom is -0.397 e. The van der Waals surface area contributed by atoms with Gasteiger partial charge in [-0.3, -0.25) is 9.59 Å². The third-order valence-electron chi connectivity index (χ3n) is 2.95.